The first kappa shape index (κ1) is 16.2. The minimum atomic E-state index is -1.01. The monoisotopic (exact) mass is 279 g/mol. The molecule has 0 bridgehead atoms. The third-order valence-corrected chi connectivity index (χ3v) is 2.72. The quantitative estimate of drug-likeness (QED) is 0.706. The molecule has 0 fully saturated rings. The van der Waals surface area contributed by atoms with Gasteiger partial charge in [0.05, 0.1) is 6.61 Å². The van der Waals surface area contributed by atoms with Gasteiger partial charge in [0, 0.05) is 13.0 Å². The van der Waals surface area contributed by atoms with E-state index in [1.165, 1.54) is 11.1 Å². The Labute approximate surface area is 118 Å². The predicted molar refractivity (Wildman–Crippen MR) is 75.7 cm³/mol. The average Bonchev–Trinajstić information content (AvgIpc) is 2.34. The highest BCUT2D eigenvalue weighted by atomic mass is 16.5. The molecule has 2 N–H and O–H groups in total. The fourth-order valence-corrected chi connectivity index (χ4v) is 1.98. The first-order valence-electron chi connectivity index (χ1n) is 6.61. The van der Waals surface area contributed by atoms with Crippen LogP contribution < -0.4 is 5.32 Å². The second-order valence-electron chi connectivity index (χ2n) is 4.79. The van der Waals surface area contributed by atoms with Crippen molar-refractivity contribution in [3.05, 3.63) is 34.9 Å². The lowest BCUT2D eigenvalue weighted by atomic mass is 10.0. The summed E-state index contributed by atoms with van der Waals surface area (Å²) in [7, 11) is 0. The van der Waals surface area contributed by atoms with Crippen molar-refractivity contribution >= 4 is 11.9 Å². The molecule has 20 heavy (non-hydrogen) atoms. The van der Waals surface area contributed by atoms with E-state index in [0.717, 1.165) is 5.56 Å². The number of hydrogen-bond acceptors (Lipinski definition) is 3. The maximum Gasteiger partial charge on any atom is 0.329 e. The number of ether oxygens (including phenoxy) is 1. The topological polar surface area (TPSA) is 75.6 Å². The molecule has 0 saturated carbocycles. The maximum atomic E-state index is 11.6. The van der Waals surface area contributed by atoms with E-state index in [1.54, 1.807) is 0 Å². The Morgan fingerprint density at radius 3 is 2.45 bits per heavy atom. The number of hydrogen-bond donors (Lipinski definition) is 2. The molecular weight excluding hydrogens is 258 g/mol. The molecule has 1 rings (SSSR count). The van der Waals surface area contributed by atoms with Crippen molar-refractivity contribution in [1.82, 2.24) is 5.32 Å². The number of carbonyl (C=O) groups excluding carboxylic acids is 1. The number of carbonyl (C=O) groups is 2. The Balaban J connectivity index is 2.21. The number of rotatable bonds is 8. The van der Waals surface area contributed by atoms with Gasteiger partial charge in [-0.05, 0) is 25.8 Å². The van der Waals surface area contributed by atoms with Crippen molar-refractivity contribution in [2.24, 2.45) is 0 Å². The smallest absolute Gasteiger partial charge is 0.329 e. The minimum absolute atomic E-state index is 0.0527. The number of benzene rings is 1. The van der Waals surface area contributed by atoms with Crippen LogP contribution in [0, 0.1) is 13.8 Å². The van der Waals surface area contributed by atoms with E-state index in [0.29, 0.717) is 19.4 Å². The molecule has 0 spiro atoms. The van der Waals surface area contributed by atoms with Crippen LogP contribution in [0.25, 0.3) is 0 Å². The van der Waals surface area contributed by atoms with E-state index < -0.39 is 5.97 Å². The molecule has 0 radical (unpaired) electrons. The van der Waals surface area contributed by atoms with Gasteiger partial charge in [0.15, 0.2) is 0 Å². The van der Waals surface area contributed by atoms with Gasteiger partial charge in [-0.25, -0.2) is 4.79 Å². The lowest BCUT2D eigenvalue weighted by Gasteiger charge is -2.07. The molecule has 0 aliphatic carbocycles. The first-order valence-corrected chi connectivity index (χ1v) is 6.61. The second kappa shape index (κ2) is 8.32. The molecule has 110 valence electrons. The van der Waals surface area contributed by atoms with Crippen LogP contribution >= 0.6 is 0 Å². The van der Waals surface area contributed by atoms with Crippen LogP contribution in [0.2, 0.25) is 0 Å². The van der Waals surface area contributed by atoms with Crippen LogP contribution in [0.1, 0.15) is 23.1 Å². The highest BCUT2D eigenvalue weighted by Gasteiger charge is 2.03. The minimum Gasteiger partial charge on any atom is -0.480 e. The third-order valence-electron chi connectivity index (χ3n) is 2.72. The van der Waals surface area contributed by atoms with Crippen LogP contribution in [0.15, 0.2) is 18.2 Å². The van der Waals surface area contributed by atoms with Crippen LogP contribution in [-0.4, -0.2) is 36.7 Å². The van der Waals surface area contributed by atoms with Gasteiger partial charge in [-0.15, -0.1) is 0 Å². The summed E-state index contributed by atoms with van der Waals surface area (Å²) >= 11 is 0. The molecule has 0 unspecified atom stereocenters. The van der Waals surface area contributed by atoms with Gasteiger partial charge in [-0.2, -0.15) is 0 Å². The van der Waals surface area contributed by atoms with Crippen LogP contribution in [-0.2, 0) is 20.7 Å². The van der Waals surface area contributed by atoms with E-state index in [1.807, 2.05) is 13.8 Å². The van der Waals surface area contributed by atoms with E-state index in [9.17, 15) is 9.59 Å². The Hall–Kier alpha value is -1.88. The molecule has 0 saturated heterocycles. The molecule has 0 aliphatic rings. The van der Waals surface area contributed by atoms with E-state index in [-0.39, 0.29) is 19.1 Å². The molecule has 0 aromatic heterocycles. The Kier molecular flexibility index (Phi) is 6.73. The average molecular weight is 279 g/mol. The number of carboxylic acids is 1. The van der Waals surface area contributed by atoms with Crippen molar-refractivity contribution < 1.29 is 19.4 Å². The van der Waals surface area contributed by atoms with Crippen LogP contribution in [0.3, 0.4) is 0 Å². The number of aryl methyl sites for hydroxylation is 3. The van der Waals surface area contributed by atoms with Crippen molar-refractivity contribution in [2.75, 3.05) is 19.8 Å². The molecule has 0 aliphatic heterocycles. The molecule has 1 amide bonds. The standard InChI is InChI=1S/C15H21NO4/c1-11-7-12(2)9-13(8-11)3-4-14(17)16-5-6-20-10-15(18)19/h7-9H,3-6,10H2,1-2H3,(H,16,17)(H,18,19). The summed E-state index contributed by atoms with van der Waals surface area (Å²) in [5.74, 6) is -1.06. The van der Waals surface area contributed by atoms with Gasteiger partial charge < -0.3 is 15.2 Å². The molecule has 1 aromatic rings. The molecule has 5 heteroatoms. The van der Waals surface area contributed by atoms with E-state index in [2.05, 4.69) is 23.5 Å². The number of aliphatic carboxylic acids is 1. The summed E-state index contributed by atoms with van der Waals surface area (Å²) < 4.78 is 4.83. The van der Waals surface area contributed by atoms with Gasteiger partial charge >= 0.3 is 5.97 Å². The number of nitrogens with one attached hydrogen (secondary N) is 1. The van der Waals surface area contributed by atoms with Crippen molar-refractivity contribution in [1.29, 1.82) is 0 Å². The molecule has 1 aromatic carbocycles. The first-order chi connectivity index (χ1) is 9.47. The highest BCUT2D eigenvalue weighted by Crippen LogP contribution is 2.10. The van der Waals surface area contributed by atoms with E-state index >= 15 is 0 Å². The zero-order chi connectivity index (χ0) is 15.0. The van der Waals surface area contributed by atoms with Gasteiger partial charge in [-0.3, -0.25) is 4.79 Å². The van der Waals surface area contributed by atoms with Gasteiger partial charge in [0.1, 0.15) is 6.61 Å². The van der Waals surface area contributed by atoms with Crippen molar-refractivity contribution in [2.45, 2.75) is 26.7 Å². The Bertz CT molecular complexity index is 451. The van der Waals surface area contributed by atoms with Gasteiger partial charge in [0.2, 0.25) is 5.91 Å². The second-order valence-corrected chi connectivity index (χ2v) is 4.79. The molecule has 5 nitrogen and oxygen atoms in total. The van der Waals surface area contributed by atoms with Crippen molar-refractivity contribution in [3.8, 4) is 0 Å². The third kappa shape index (κ3) is 6.89. The lowest BCUT2D eigenvalue weighted by Crippen LogP contribution is -2.28. The highest BCUT2D eigenvalue weighted by molar-refractivity contribution is 5.76. The fourth-order valence-electron chi connectivity index (χ4n) is 1.98. The predicted octanol–water partition coefficient (Wildman–Crippen LogP) is 1.45. The maximum absolute atomic E-state index is 11.6. The Morgan fingerprint density at radius 2 is 1.85 bits per heavy atom. The summed E-state index contributed by atoms with van der Waals surface area (Å²) in [5, 5.41) is 11.1. The molecule has 0 atom stereocenters. The van der Waals surface area contributed by atoms with Gasteiger partial charge in [0.25, 0.3) is 0 Å². The Morgan fingerprint density at radius 1 is 1.20 bits per heavy atom. The van der Waals surface area contributed by atoms with Crippen LogP contribution in [0.4, 0.5) is 0 Å². The summed E-state index contributed by atoms with van der Waals surface area (Å²) in [6.45, 7) is 4.28. The SMILES string of the molecule is Cc1cc(C)cc(CCC(=O)NCCOCC(=O)O)c1. The molecule has 0 heterocycles. The largest absolute Gasteiger partial charge is 0.480 e. The summed E-state index contributed by atoms with van der Waals surface area (Å²) in [4.78, 5) is 21.8. The molecular formula is C15H21NO4. The zero-order valence-electron chi connectivity index (χ0n) is 11.9. The van der Waals surface area contributed by atoms with Crippen molar-refractivity contribution in [3.63, 3.8) is 0 Å². The van der Waals surface area contributed by atoms with Crippen LogP contribution in [0.5, 0.6) is 0 Å². The fraction of sp³-hybridized carbons (Fsp3) is 0.467. The summed E-state index contributed by atoms with van der Waals surface area (Å²) in [6.07, 6.45) is 1.12. The summed E-state index contributed by atoms with van der Waals surface area (Å²) in [6, 6.07) is 6.26. The van der Waals surface area contributed by atoms with Gasteiger partial charge in [-0.1, -0.05) is 29.3 Å². The number of amides is 1. The summed E-state index contributed by atoms with van der Waals surface area (Å²) in [5.41, 5.74) is 3.55. The normalized spacial score (nSPS) is 10.3. The zero-order valence-corrected chi connectivity index (χ0v) is 11.9. The lowest BCUT2D eigenvalue weighted by molar-refractivity contribution is -0.142. The van der Waals surface area contributed by atoms with E-state index in [4.69, 9.17) is 9.84 Å². The number of carboxylic acid groups (broad SMARTS) is 1.